The van der Waals surface area contributed by atoms with Crippen LogP contribution in [0.25, 0.3) is 0 Å². The van der Waals surface area contributed by atoms with Gasteiger partial charge < -0.3 is 20.2 Å². The smallest absolute Gasteiger partial charge is 0.269 e. The second-order valence-corrected chi connectivity index (χ2v) is 6.31. The molecule has 0 aromatic heterocycles. The summed E-state index contributed by atoms with van der Waals surface area (Å²) in [6.07, 6.45) is -1.33. The van der Waals surface area contributed by atoms with Crippen molar-refractivity contribution in [3.05, 3.63) is 39.6 Å². The van der Waals surface area contributed by atoms with Crippen molar-refractivity contribution in [3.8, 4) is 0 Å². The first-order valence-corrected chi connectivity index (χ1v) is 7.98. The normalized spacial score (nSPS) is 21.6. The van der Waals surface area contributed by atoms with Crippen LogP contribution in [-0.2, 0) is 16.1 Å². The maximum Gasteiger partial charge on any atom is 0.269 e. The molecule has 24 heavy (non-hydrogen) atoms. The highest BCUT2D eigenvalue weighted by molar-refractivity contribution is 6.49. The summed E-state index contributed by atoms with van der Waals surface area (Å²) in [4.78, 5) is 26.0. The van der Waals surface area contributed by atoms with Gasteiger partial charge in [-0.2, -0.15) is 0 Å². The molecule has 0 radical (unpaired) electrons. The summed E-state index contributed by atoms with van der Waals surface area (Å²) < 4.78 is 14.4. The topological polar surface area (TPSA) is 72.9 Å². The fraction of sp³-hybridized carbons (Fsp3) is 0.333. The van der Waals surface area contributed by atoms with Crippen LogP contribution in [0.2, 0.25) is 0 Å². The lowest BCUT2D eigenvalue weighted by Gasteiger charge is -2.29. The van der Waals surface area contributed by atoms with Crippen molar-refractivity contribution < 1.29 is 19.1 Å². The van der Waals surface area contributed by atoms with Gasteiger partial charge >= 0.3 is 0 Å². The maximum absolute atomic E-state index is 14.4. The zero-order valence-electron chi connectivity index (χ0n) is 12.4. The minimum Gasteiger partial charge on any atom is -0.368 e. The Hall–Kier alpha value is -1.83. The van der Waals surface area contributed by atoms with Crippen molar-refractivity contribution in [1.29, 1.82) is 0 Å². The number of aliphatic hydroxyl groups is 1. The molecule has 0 bridgehead atoms. The average Bonchev–Trinajstić information content (AvgIpc) is 2.73. The molecule has 0 spiro atoms. The molecule has 2 N–H and O–H groups in total. The van der Waals surface area contributed by atoms with E-state index in [0.717, 1.165) is 4.90 Å². The SMILES string of the molecule is O=C1CN(c2ccc(CN3C(=O)C(Cl)=C(Cl)C3O)cc2F)CCN1. The van der Waals surface area contributed by atoms with E-state index in [-0.39, 0.29) is 29.1 Å². The molecule has 1 unspecified atom stereocenters. The monoisotopic (exact) mass is 373 g/mol. The summed E-state index contributed by atoms with van der Waals surface area (Å²) in [5, 5.41) is 12.2. The molecule has 1 fully saturated rings. The summed E-state index contributed by atoms with van der Waals surface area (Å²) >= 11 is 11.5. The molecule has 1 aromatic rings. The summed E-state index contributed by atoms with van der Waals surface area (Å²) in [5.41, 5.74) is 0.789. The van der Waals surface area contributed by atoms with Gasteiger partial charge in [-0.1, -0.05) is 29.3 Å². The zero-order valence-corrected chi connectivity index (χ0v) is 13.9. The standard InChI is InChI=1S/C15H14Cl2FN3O3/c16-12-13(17)15(24)21(14(12)23)6-8-1-2-10(9(18)5-8)20-4-3-19-11(22)7-20/h1-2,5,14,23H,3-4,6-7H2,(H,19,22). The van der Waals surface area contributed by atoms with E-state index in [1.807, 2.05) is 0 Å². The van der Waals surface area contributed by atoms with Crippen LogP contribution in [0.15, 0.2) is 28.3 Å². The molecule has 3 rings (SSSR count). The van der Waals surface area contributed by atoms with Gasteiger partial charge in [-0.15, -0.1) is 0 Å². The second-order valence-electron chi connectivity index (χ2n) is 5.53. The third-order valence-electron chi connectivity index (χ3n) is 3.92. The van der Waals surface area contributed by atoms with Crippen molar-refractivity contribution in [2.45, 2.75) is 12.8 Å². The van der Waals surface area contributed by atoms with E-state index in [9.17, 15) is 19.1 Å². The number of halogens is 3. The third-order valence-corrected chi connectivity index (χ3v) is 4.77. The highest BCUT2D eigenvalue weighted by Gasteiger charge is 2.36. The fourth-order valence-corrected chi connectivity index (χ4v) is 3.10. The van der Waals surface area contributed by atoms with Crippen molar-refractivity contribution in [3.63, 3.8) is 0 Å². The number of piperazine rings is 1. The lowest BCUT2D eigenvalue weighted by molar-refractivity contribution is -0.132. The summed E-state index contributed by atoms with van der Waals surface area (Å²) in [6.45, 7) is 1.02. The van der Waals surface area contributed by atoms with Gasteiger partial charge in [-0.05, 0) is 17.7 Å². The van der Waals surface area contributed by atoms with E-state index >= 15 is 0 Å². The minimum atomic E-state index is -1.33. The Kier molecular flexibility index (Phi) is 4.67. The van der Waals surface area contributed by atoms with Crippen LogP contribution in [0.4, 0.5) is 10.1 Å². The molecule has 2 heterocycles. The number of hydrogen-bond acceptors (Lipinski definition) is 4. The Bertz CT molecular complexity index is 741. The molecular formula is C15H14Cl2FN3O3. The molecule has 2 aliphatic heterocycles. The van der Waals surface area contributed by atoms with Gasteiger partial charge in [0.05, 0.1) is 17.3 Å². The van der Waals surface area contributed by atoms with E-state index in [1.54, 1.807) is 17.0 Å². The summed E-state index contributed by atoms with van der Waals surface area (Å²) in [5.74, 6) is -1.27. The number of amides is 2. The Morgan fingerprint density at radius 2 is 2.08 bits per heavy atom. The fourth-order valence-electron chi connectivity index (χ4n) is 2.69. The van der Waals surface area contributed by atoms with Crippen LogP contribution in [0.3, 0.4) is 0 Å². The molecule has 1 aromatic carbocycles. The first-order valence-electron chi connectivity index (χ1n) is 7.22. The number of anilines is 1. The maximum atomic E-state index is 14.4. The Morgan fingerprint density at radius 1 is 1.33 bits per heavy atom. The van der Waals surface area contributed by atoms with E-state index in [0.29, 0.717) is 24.3 Å². The highest BCUT2D eigenvalue weighted by Crippen LogP contribution is 2.31. The van der Waals surface area contributed by atoms with Crippen LogP contribution in [-0.4, -0.2) is 47.7 Å². The van der Waals surface area contributed by atoms with Crippen LogP contribution in [0, 0.1) is 5.82 Å². The lowest BCUT2D eigenvalue weighted by atomic mass is 10.1. The quantitative estimate of drug-likeness (QED) is 0.832. The predicted molar refractivity (Wildman–Crippen MR) is 86.9 cm³/mol. The number of nitrogens with zero attached hydrogens (tertiary/aromatic N) is 2. The highest BCUT2D eigenvalue weighted by atomic mass is 35.5. The number of hydrogen-bond donors (Lipinski definition) is 2. The molecule has 128 valence electrons. The number of nitrogens with one attached hydrogen (secondary N) is 1. The lowest BCUT2D eigenvalue weighted by Crippen LogP contribution is -2.48. The minimum absolute atomic E-state index is 0.0376. The molecule has 2 aliphatic rings. The molecule has 0 saturated carbocycles. The predicted octanol–water partition coefficient (Wildman–Crippen LogP) is 1.11. The Labute approximate surface area is 147 Å². The van der Waals surface area contributed by atoms with Crippen LogP contribution in [0.1, 0.15) is 5.56 Å². The van der Waals surface area contributed by atoms with Crippen molar-refractivity contribution in [2.24, 2.45) is 0 Å². The van der Waals surface area contributed by atoms with Gasteiger partial charge in [0.15, 0.2) is 6.23 Å². The number of aliphatic hydroxyl groups excluding tert-OH is 1. The molecule has 0 aliphatic carbocycles. The van der Waals surface area contributed by atoms with Gasteiger partial charge in [0.25, 0.3) is 5.91 Å². The van der Waals surface area contributed by atoms with E-state index in [1.165, 1.54) is 6.07 Å². The van der Waals surface area contributed by atoms with Gasteiger partial charge in [0.2, 0.25) is 5.91 Å². The summed E-state index contributed by atoms with van der Waals surface area (Å²) in [6, 6.07) is 4.44. The Balaban J connectivity index is 1.76. The summed E-state index contributed by atoms with van der Waals surface area (Å²) in [7, 11) is 0. The molecule has 2 amide bonds. The number of benzene rings is 1. The molecule has 1 atom stereocenters. The van der Waals surface area contributed by atoms with Crippen LogP contribution in [0.5, 0.6) is 0 Å². The molecular weight excluding hydrogens is 360 g/mol. The van der Waals surface area contributed by atoms with E-state index < -0.39 is 18.0 Å². The molecule has 1 saturated heterocycles. The van der Waals surface area contributed by atoms with Crippen LogP contribution >= 0.6 is 23.2 Å². The van der Waals surface area contributed by atoms with Gasteiger partial charge in [-0.25, -0.2) is 4.39 Å². The van der Waals surface area contributed by atoms with E-state index in [2.05, 4.69) is 5.32 Å². The largest absolute Gasteiger partial charge is 0.368 e. The van der Waals surface area contributed by atoms with Gasteiger partial charge in [0, 0.05) is 19.6 Å². The van der Waals surface area contributed by atoms with Gasteiger partial charge in [0.1, 0.15) is 10.8 Å². The molecule has 9 heteroatoms. The number of rotatable bonds is 3. The van der Waals surface area contributed by atoms with Crippen LogP contribution < -0.4 is 10.2 Å². The van der Waals surface area contributed by atoms with Crippen molar-refractivity contribution in [1.82, 2.24) is 10.2 Å². The number of carbonyl (C=O) groups excluding carboxylic acids is 2. The van der Waals surface area contributed by atoms with Gasteiger partial charge in [-0.3, -0.25) is 9.59 Å². The zero-order chi connectivity index (χ0) is 17.4. The molecule has 6 nitrogen and oxygen atoms in total. The van der Waals surface area contributed by atoms with Crippen molar-refractivity contribution in [2.75, 3.05) is 24.5 Å². The Morgan fingerprint density at radius 3 is 2.67 bits per heavy atom. The first kappa shape index (κ1) is 17.0. The first-order chi connectivity index (χ1) is 11.4. The third kappa shape index (κ3) is 3.07. The second kappa shape index (κ2) is 6.58. The van der Waals surface area contributed by atoms with E-state index in [4.69, 9.17) is 23.2 Å². The number of carbonyl (C=O) groups is 2. The average molecular weight is 374 g/mol. The van der Waals surface area contributed by atoms with Crippen molar-refractivity contribution >= 4 is 40.7 Å².